The van der Waals surface area contributed by atoms with Crippen molar-refractivity contribution in [2.45, 2.75) is 124 Å². The molecule has 0 aromatic rings. The van der Waals surface area contributed by atoms with E-state index in [1.54, 1.807) is 0 Å². The maximum absolute atomic E-state index is 13.9. The van der Waals surface area contributed by atoms with Crippen LogP contribution in [0.3, 0.4) is 0 Å². The number of ether oxygens (including phenoxy) is 4. The molecule has 260 valence electrons. The van der Waals surface area contributed by atoms with Crippen molar-refractivity contribution in [3.05, 3.63) is 0 Å². The molecular weight excluding hydrogens is 616 g/mol. The summed E-state index contributed by atoms with van der Waals surface area (Å²) in [4.78, 5) is 10.1. The van der Waals surface area contributed by atoms with Gasteiger partial charge < -0.3 is 54.7 Å². The average Bonchev–Trinajstić information content (AvgIpc) is 3.34. The van der Waals surface area contributed by atoms with Crippen LogP contribution in [-0.2, 0) is 28.7 Å². The van der Waals surface area contributed by atoms with Gasteiger partial charge in [-0.25, -0.2) is 9.78 Å². The van der Waals surface area contributed by atoms with E-state index in [1.165, 1.54) is 29.1 Å². The van der Waals surface area contributed by atoms with E-state index in [0.29, 0.717) is 0 Å². The zero-order valence-electron chi connectivity index (χ0n) is 23.6. The Kier molecular flexibility index (Phi) is 15.2. The molecule has 16 atom stereocenters. The van der Waals surface area contributed by atoms with Gasteiger partial charge in [0.2, 0.25) is 0 Å². The highest BCUT2D eigenvalue weighted by Gasteiger charge is 2.53. The molecule has 0 aromatic heterocycles. The Morgan fingerprint density at radius 1 is 0.818 bits per heavy atom. The molecule has 17 nitrogen and oxygen atoms in total. The molecule has 0 aromatic carbocycles. The topological polar surface area (TPSA) is 245 Å². The molecule has 3 aliphatic rings. The van der Waals surface area contributed by atoms with Gasteiger partial charge in [-0.15, -0.1) is 17.9 Å². The molecule has 0 spiro atoms. The summed E-state index contributed by atoms with van der Waals surface area (Å²) in [6.45, 7) is -0.970. The van der Waals surface area contributed by atoms with Crippen LogP contribution in [0.2, 0.25) is 0 Å². The first kappa shape index (κ1) is 37.5. The molecule has 1 saturated carbocycles. The lowest BCUT2D eigenvalue weighted by Gasteiger charge is -2.45. The Morgan fingerprint density at radius 2 is 1.50 bits per heavy atom. The Morgan fingerprint density at radius 3 is 2.09 bits per heavy atom. The van der Waals surface area contributed by atoms with Gasteiger partial charge >= 0.3 is 0 Å². The highest BCUT2D eigenvalue weighted by Crippen LogP contribution is 2.34. The van der Waals surface area contributed by atoms with E-state index in [0.717, 1.165) is 0 Å². The first-order chi connectivity index (χ1) is 21.0. The van der Waals surface area contributed by atoms with Crippen molar-refractivity contribution in [3.8, 4) is 0 Å². The van der Waals surface area contributed by atoms with Gasteiger partial charge in [0.15, 0.2) is 18.7 Å². The van der Waals surface area contributed by atoms with E-state index in [9.17, 15) is 53.7 Å². The first-order valence-electron chi connectivity index (χ1n) is 14.0. The molecule has 16 unspecified atom stereocenters. The highest BCUT2D eigenvalue weighted by molar-refractivity contribution is 5.01. The molecule has 21 heteroatoms. The second-order valence-corrected chi connectivity index (χ2v) is 10.9. The van der Waals surface area contributed by atoms with Crippen LogP contribution in [0.4, 0.5) is 17.9 Å². The predicted octanol–water partition coefficient (Wildman–Crippen LogP) is -4.11. The molecule has 44 heavy (non-hydrogen) atoms. The van der Waals surface area contributed by atoms with Crippen LogP contribution in [0.1, 0.15) is 26.2 Å². The molecule has 2 heterocycles. The van der Waals surface area contributed by atoms with Gasteiger partial charge in [0.1, 0.15) is 54.9 Å². The van der Waals surface area contributed by atoms with E-state index in [2.05, 4.69) is 0 Å². The number of nitrogens with one attached hydrogen (secondary N) is 4. The summed E-state index contributed by atoms with van der Waals surface area (Å²) in [5, 5.41) is 71.4. The molecule has 2 aliphatic heterocycles. The summed E-state index contributed by atoms with van der Waals surface area (Å²) in [7, 11) is 0. The molecule has 0 amide bonds. The number of aliphatic hydroxyl groups excluding tert-OH is 7. The number of halogens is 4. The van der Waals surface area contributed by atoms with Gasteiger partial charge in [0.25, 0.3) is 0 Å². The van der Waals surface area contributed by atoms with E-state index >= 15 is 0 Å². The van der Waals surface area contributed by atoms with Crippen molar-refractivity contribution < 1.29 is 82.4 Å². The summed E-state index contributed by atoms with van der Waals surface area (Å²) in [5.41, 5.74) is 5.22. The smallest absolute Gasteiger partial charge is 0.187 e. The SMILES string of the molecule is CC(NF)C(O)C(O)C(CNF)OOC1C(CO)OC(OC2C(O)C(NF)CC(NF)C2OC2CCC(O)C(CO)O2)C1O. The first-order valence-corrected chi connectivity index (χ1v) is 14.0. The second-order valence-electron chi connectivity index (χ2n) is 10.9. The van der Waals surface area contributed by atoms with Gasteiger partial charge in [-0.1, -0.05) is 0 Å². The van der Waals surface area contributed by atoms with E-state index in [4.69, 9.17) is 28.7 Å². The Balaban J connectivity index is 1.75. The molecular formula is C23H42F4N4O13. The largest absolute Gasteiger partial charge is 0.394 e. The monoisotopic (exact) mass is 658 g/mol. The molecule has 0 bridgehead atoms. The van der Waals surface area contributed by atoms with E-state index in [1.807, 2.05) is 0 Å². The molecule has 1 aliphatic carbocycles. The van der Waals surface area contributed by atoms with Gasteiger partial charge in [0, 0.05) is 6.42 Å². The summed E-state index contributed by atoms with van der Waals surface area (Å²) < 4.78 is 75.7. The van der Waals surface area contributed by atoms with Crippen LogP contribution < -0.4 is 22.2 Å². The molecule has 2 saturated heterocycles. The van der Waals surface area contributed by atoms with Gasteiger partial charge in [-0.2, -0.15) is 22.2 Å². The fourth-order valence-corrected chi connectivity index (χ4v) is 5.27. The lowest BCUT2D eigenvalue weighted by molar-refractivity contribution is -0.379. The van der Waals surface area contributed by atoms with E-state index in [-0.39, 0.29) is 19.3 Å². The maximum atomic E-state index is 13.9. The van der Waals surface area contributed by atoms with Crippen molar-refractivity contribution in [3.63, 3.8) is 0 Å². The summed E-state index contributed by atoms with van der Waals surface area (Å²) >= 11 is 0. The van der Waals surface area contributed by atoms with Crippen LogP contribution >= 0.6 is 0 Å². The third-order valence-corrected chi connectivity index (χ3v) is 7.95. The standard InChI is InChI=1S/C23H42F4N4O13/c1-8(29-25)16(35)18(37)12(5-28-24)43-44-21-14(7-33)40-23(19(21)38)42-22-17(36)9(30-26)4-10(31-27)20(22)41-15-3-2-11(34)13(6-32)39-15/h8-23,28-38H,2-7H2,1H3. The van der Waals surface area contributed by atoms with E-state index < -0.39 is 118 Å². The molecule has 3 fully saturated rings. The summed E-state index contributed by atoms with van der Waals surface area (Å²) in [5.74, 6) is 0. The van der Waals surface area contributed by atoms with Gasteiger partial charge in [-0.05, 0) is 19.8 Å². The second kappa shape index (κ2) is 17.8. The van der Waals surface area contributed by atoms with Crippen molar-refractivity contribution >= 4 is 0 Å². The molecule has 11 N–H and O–H groups in total. The van der Waals surface area contributed by atoms with Crippen molar-refractivity contribution in [2.24, 2.45) is 0 Å². The van der Waals surface area contributed by atoms with Crippen molar-refractivity contribution in [1.29, 1.82) is 0 Å². The number of aliphatic hydroxyl groups is 7. The highest BCUT2D eigenvalue weighted by atomic mass is 19.2. The van der Waals surface area contributed by atoms with Crippen LogP contribution in [0.5, 0.6) is 0 Å². The molecule has 0 radical (unpaired) electrons. The lowest BCUT2D eigenvalue weighted by Crippen LogP contribution is -2.64. The van der Waals surface area contributed by atoms with Crippen molar-refractivity contribution in [2.75, 3.05) is 19.8 Å². The third kappa shape index (κ3) is 8.89. The summed E-state index contributed by atoms with van der Waals surface area (Å²) in [6.07, 6.45) is -20.1. The minimum absolute atomic E-state index is 0.0960. The average molecular weight is 659 g/mol. The fraction of sp³-hybridized carbons (Fsp3) is 1.00. The minimum Gasteiger partial charge on any atom is -0.394 e. The zero-order valence-corrected chi connectivity index (χ0v) is 23.6. The van der Waals surface area contributed by atoms with Crippen molar-refractivity contribution in [1.82, 2.24) is 22.2 Å². The minimum atomic E-state index is -1.92. The number of hydrogen-bond acceptors (Lipinski definition) is 17. The Hall–Kier alpha value is -0.960. The maximum Gasteiger partial charge on any atom is 0.187 e. The lowest BCUT2D eigenvalue weighted by atomic mass is 9.84. The Bertz CT molecular complexity index is 840. The van der Waals surface area contributed by atoms with Gasteiger partial charge in [-0.3, -0.25) is 0 Å². The fourth-order valence-electron chi connectivity index (χ4n) is 5.27. The summed E-state index contributed by atoms with van der Waals surface area (Å²) in [6, 6.07) is -4.01. The van der Waals surface area contributed by atoms with Crippen LogP contribution in [0.15, 0.2) is 0 Å². The third-order valence-electron chi connectivity index (χ3n) is 7.95. The quantitative estimate of drug-likeness (QED) is 0.0308. The number of hydrogen-bond donors (Lipinski definition) is 11. The van der Waals surface area contributed by atoms with Crippen LogP contribution in [-0.4, -0.2) is 153 Å². The van der Waals surface area contributed by atoms with Crippen LogP contribution in [0.25, 0.3) is 0 Å². The number of rotatable bonds is 17. The van der Waals surface area contributed by atoms with Gasteiger partial charge in [0.05, 0.1) is 44.0 Å². The van der Waals surface area contributed by atoms with Crippen LogP contribution in [0, 0.1) is 0 Å². The Labute approximate surface area is 249 Å². The zero-order chi connectivity index (χ0) is 32.6. The molecule has 3 rings (SSSR count). The predicted molar refractivity (Wildman–Crippen MR) is 134 cm³/mol. The normalized spacial score (nSPS) is 40.9.